The van der Waals surface area contributed by atoms with Crippen molar-refractivity contribution >= 4 is 17.5 Å². The summed E-state index contributed by atoms with van der Waals surface area (Å²) in [7, 11) is 0. The van der Waals surface area contributed by atoms with Gasteiger partial charge in [0, 0.05) is 13.2 Å². The topological polar surface area (TPSA) is 76.7 Å². The number of hydrogen-bond donors (Lipinski definition) is 2. The molecule has 1 aliphatic rings. The van der Waals surface area contributed by atoms with Gasteiger partial charge < -0.3 is 20.1 Å². The highest BCUT2D eigenvalue weighted by Crippen LogP contribution is 2.19. The second-order valence-electron chi connectivity index (χ2n) is 7.21. The van der Waals surface area contributed by atoms with Crippen LogP contribution in [-0.2, 0) is 9.53 Å². The Balaban J connectivity index is 1.65. The van der Waals surface area contributed by atoms with Crippen LogP contribution in [0.5, 0.6) is 5.75 Å². The molecule has 1 aliphatic heterocycles. The fourth-order valence-electron chi connectivity index (χ4n) is 3.29. The van der Waals surface area contributed by atoms with E-state index in [0.717, 1.165) is 25.0 Å². The molecule has 0 aromatic heterocycles. The van der Waals surface area contributed by atoms with E-state index < -0.39 is 6.10 Å². The molecule has 1 fully saturated rings. The molecule has 2 N–H and O–H groups in total. The largest absolute Gasteiger partial charge is 0.481 e. The van der Waals surface area contributed by atoms with Crippen LogP contribution < -0.4 is 15.4 Å². The Morgan fingerprint density at radius 2 is 2.03 bits per heavy atom. The van der Waals surface area contributed by atoms with Crippen molar-refractivity contribution in [2.75, 3.05) is 18.5 Å². The van der Waals surface area contributed by atoms with Crippen LogP contribution in [0, 0.1) is 6.92 Å². The van der Waals surface area contributed by atoms with Gasteiger partial charge in [-0.05, 0) is 56.0 Å². The van der Waals surface area contributed by atoms with Gasteiger partial charge in [0.25, 0.3) is 11.8 Å². The van der Waals surface area contributed by atoms with E-state index in [1.54, 1.807) is 24.3 Å². The molecular weight excluding hydrogens is 368 g/mol. The second kappa shape index (κ2) is 10.1. The SMILES string of the molecule is CCC(Oc1cccc(C)c1)C(=O)Nc1ccccc1C(=O)NCC1CCCO1. The number of ether oxygens (including phenoxy) is 2. The number of benzene rings is 2. The van der Waals surface area contributed by atoms with E-state index in [9.17, 15) is 9.59 Å². The normalized spacial score (nSPS) is 16.8. The molecular formula is C23H28N2O4. The summed E-state index contributed by atoms with van der Waals surface area (Å²) in [6.45, 7) is 5.07. The molecule has 0 saturated carbocycles. The summed E-state index contributed by atoms with van der Waals surface area (Å²) in [4.78, 5) is 25.4. The highest BCUT2D eigenvalue weighted by Gasteiger charge is 2.22. The van der Waals surface area contributed by atoms with Crippen LogP contribution in [0.3, 0.4) is 0 Å². The van der Waals surface area contributed by atoms with Crippen LogP contribution in [0.1, 0.15) is 42.1 Å². The fraction of sp³-hybridized carbons (Fsp3) is 0.391. The molecule has 0 spiro atoms. The average molecular weight is 396 g/mol. The van der Waals surface area contributed by atoms with Crippen LogP contribution >= 0.6 is 0 Å². The van der Waals surface area contributed by atoms with Crippen LogP contribution in [0.4, 0.5) is 5.69 Å². The monoisotopic (exact) mass is 396 g/mol. The zero-order valence-electron chi connectivity index (χ0n) is 16.9. The third kappa shape index (κ3) is 5.81. The number of anilines is 1. The molecule has 3 rings (SSSR count). The van der Waals surface area contributed by atoms with Crippen molar-refractivity contribution in [1.29, 1.82) is 0 Å². The maximum absolute atomic E-state index is 12.8. The number of para-hydroxylation sites is 1. The van der Waals surface area contributed by atoms with E-state index >= 15 is 0 Å². The maximum Gasteiger partial charge on any atom is 0.265 e. The second-order valence-corrected chi connectivity index (χ2v) is 7.21. The quantitative estimate of drug-likeness (QED) is 0.713. The number of hydrogen-bond acceptors (Lipinski definition) is 4. The number of aryl methyl sites for hydroxylation is 1. The van der Waals surface area contributed by atoms with E-state index in [0.29, 0.717) is 30.0 Å². The predicted octanol–water partition coefficient (Wildman–Crippen LogP) is 3.70. The van der Waals surface area contributed by atoms with Gasteiger partial charge in [-0.25, -0.2) is 0 Å². The Kier molecular flexibility index (Phi) is 7.25. The molecule has 2 aromatic carbocycles. The first kappa shape index (κ1) is 20.9. The van der Waals surface area contributed by atoms with Crippen molar-refractivity contribution in [3.8, 4) is 5.75 Å². The summed E-state index contributed by atoms with van der Waals surface area (Å²) in [5.74, 6) is 0.132. The molecule has 29 heavy (non-hydrogen) atoms. The Labute approximate surface area is 171 Å². The molecule has 1 saturated heterocycles. The lowest BCUT2D eigenvalue weighted by atomic mass is 10.1. The van der Waals surface area contributed by atoms with Crippen molar-refractivity contribution < 1.29 is 19.1 Å². The van der Waals surface area contributed by atoms with Crippen LogP contribution in [0.25, 0.3) is 0 Å². The molecule has 6 nitrogen and oxygen atoms in total. The Bertz CT molecular complexity index is 846. The Morgan fingerprint density at radius 1 is 1.21 bits per heavy atom. The van der Waals surface area contributed by atoms with Crippen molar-refractivity contribution in [2.24, 2.45) is 0 Å². The van der Waals surface area contributed by atoms with Crippen molar-refractivity contribution in [3.05, 3.63) is 59.7 Å². The lowest BCUT2D eigenvalue weighted by molar-refractivity contribution is -0.122. The molecule has 154 valence electrons. The van der Waals surface area contributed by atoms with Crippen LogP contribution in [0.2, 0.25) is 0 Å². The van der Waals surface area contributed by atoms with E-state index in [-0.39, 0.29) is 17.9 Å². The number of rotatable bonds is 8. The molecule has 1 heterocycles. The first-order valence-corrected chi connectivity index (χ1v) is 10.1. The molecule has 2 aromatic rings. The molecule has 6 heteroatoms. The average Bonchev–Trinajstić information content (AvgIpc) is 3.24. The number of amides is 2. The van der Waals surface area contributed by atoms with Crippen molar-refractivity contribution in [3.63, 3.8) is 0 Å². The summed E-state index contributed by atoms with van der Waals surface area (Å²) in [6, 6.07) is 14.6. The molecule has 0 aliphatic carbocycles. The van der Waals surface area contributed by atoms with E-state index in [2.05, 4.69) is 10.6 Å². The van der Waals surface area contributed by atoms with Gasteiger partial charge in [-0.3, -0.25) is 9.59 Å². The highest BCUT2D eigenvalue weighted by molar-refractivity contribution is 6.04. The number of carbonyl (C=O) groups is 2. The minimum absolute atomic E-state index is 0.0629. The van der Waals surface area contributed by atoms with Gasteiger partial charge in [-0.1, -0.05) is 31.2 Å². The molecule has 0 bridgehead atoms. The zero-order valence-corrected chi connectivity index (χ0v) is 16.9. The van der Waals surface area contributed by atoms with Gasteiger partial charge in [0.1, 0.15) is 5.75 Å². The van der Waals surface area contributed by atoms with Gasteiger partial charge in [0.2, 0.25) is 0 Å². The zero-order chi connectivity index (χ0) is 20.6. The van der Waals surface area contributed by atoms with Crippen molar-refractivity contribution in [1.82, 2.24) is 5.32 Å². The van der Waals surface area contributed by atoms with E-state index in [4.69, 9.17) is 9.47 Å². The summed E-state index contributed by atoms with van der Waals surface area (Å²) < 4.78 is 11.4. The molecule has 2 amide bonds. The van der Waals surface area contributed by atoms with Gasteiger partial charge in [0.15, 0.2) is 6.10 Å². The third-order valence-corrected chi connectivity index (χ3v) is 4.87. The number of carbonyl (C=O) groups excluding carboxylic acids is 2. The fourth-order valence-corrected chi connectivity index (χ4v) is 3.29. The third-order valence-electron chi connectivity index (χ3n) is 4.87. The van der Waals surface area contributed by atoms with E-state index in [1.807, 2.05) is 38.1 Å². The maximum atomic E-state index is 12.8. The highest BCUT2D eigenvalue weighted by atomic mass is 16.5. The standard InChI is InChI=1S/C23H28N2O4/c1-3-21(29-17-9-6-8-16(2)14-17)23(27)25-20-12-5-4-11-19(20)22(26)24-15-18-10-7-13-28-18/h4-6,8-9,11-12,14,18,21H,3,7,10,13,15H2,1-2H3,(H,24,26)(H,25,27). The van der Waals surface area contributed by atoms with Crippen LogP contribution in [-0.4, -0.2) is 37.2 Å². The lowest BCUT2D eigenvalue weighted by Crippen LogP contribution is -2.35. The van der Waals surface area contributed by atoms with Gasteiger partial charge >= 0.3 is 0 Å². The van der Waals surface area contributed by atoms with Crippen molar-refractivity contribution in [2.45, 2.75) is 45.3 Å². The first-order chi connectivity index (χ1) is 14.1. The summed E-state index contributed by atoms with van der Waals surface area (Å²) >= 11 is 0. The summed E-state index contributed by atoms with van der Waals surface area (Å²) in [6.07, 6.45) is 1.89. The first-order valence-electron chi connectivity index (χ1n) is 10.1. The Hall–Kier alpha value is -2.86. The molecule has 2 unspecified atom stereocenters. The van der Waals surface area contributed by atoms with Crippen LogP contribution in [0.15, 0.2) is 48.5 Å². The predicted molar refractivity (Wildman–Crippen MR) is 112 cm³/mol. The van der Waals surface area contributed by atoms with Gasteiger partial charge in [-0.2, -0.15) is 0 Å². The minimum atomic E-state index is -0.653. The molecule has 0 radical (unpaired) electrons. The lowest BCUT2D eigenvalue weighted by Gasteiger charge is -2.19. The van der Waals surface area contributed by atoms with Gasteiger partial charge in [-0.15, -0.1) is 0 Å². The number of nitrogens with one attached hydrogen (secondary N) is 2. The smallest absolute Gasteiger partial charge is 0.265 e. The molecule has 2 atom stereocenters. The summed E-state index contributed by atoms with van der Waals surface area (Å²) in [5.41, 5.74) is 1.95. The minimum Gasteiger partial charge on any atom is -0.481 e. The van der Waals surface area contributed by atoms with Gasteiger partial charge in [0.05, 0.1) is 17.4 Å². The summed E-state index contributed by atoms with van der Waals surface area (Å²) in [5, 5.41) is 5.75. The Morgan fingerprint density at radius 3 is 2.76 bits per heavy atom. The van der Waals surface area contributed by atoms with E-state index in [1.165, 1.54) is 0 Å².